The topological polar surface area (TPSA) is 67.4 Å². The molecule has 1 heterocycles. The van der Waals surface area contributed by atoms with Gasteiger partial charge >= 0.3 is 0 Å². The molecule has 0 aliphatic rings. The van der Waals surface area contributed by atoms with Gasteiger partial charge in [0.25, 0.3) is 11.8 Å². The average molecular weight is 366 g/mol. The summed E-state index contributed by atoms with van der Waals surface area (Å²) >= 11 is 1.40. The molecule has 0 radical (unpaired) electrons. The summed E-state index contributed by atoms with van der Waals surface area (Å²) in [7, 11) is 1.55. The van der Waals surface area contributed by atoms with Gasteiger partial charge in [0.15, 0.2) is 0 Å². The van der Waals surface area contributed by atoms with E-state index in [1.54, 1.807) is 43.5 Å². The fraction of sp³-hybridized carbons (Fsp3) is 0.100. The Balaban J connectivity index is 1.68. The molecule has 0 saturated carbocycles. The maximum absolute atomic E-state index is 12.4. The third-order valence-corrected chi connectivity index (χ3v) is 4.84. The number of rotatable bonds is 5. The zero-order valence-electron chi connectivity index (χ0n) is 14.4. The Bertz CT molecular complexity index is 932. The summed E-state index contributed by atoms with van der Waals surface area (Å²) in [5.41, 5.74) is 2.67. The molecule has 26 heavy (non-hydrogen) atoms. The van der Waals surface area contributed by atoms with E-state index in [1.165, 1.54) is 11.3 Å². The van der Waals surface area contributed by atoms with Crippen LogP contribution in [0.3, 0.4) is 0 Å². The Hall–Kier alpha value is -3.12. The molecule has 2 N–H and O–H groups in total. The number of nitrogens with one attached hydrogen (secondary N) is 2. The van der Waals surface area contributed by atoms with Crippen LogP contribution in [0.5, 0.6) is 5.75 Å². The Kier molecular flexibility index (Phi) is 5.34. The van der Waals surface area contributed by atoms with Crippen molar-refractivity contribution >= 4 is 34.5 Å². The van der Waals surface area contributed by atoms with Crippen molar-refractivity contribution in [1.82, 2.24) is 0 Å². The van der Waals surface area contributed by atoms with Crippen LogP contribution in [0.4, 0.5) is 11.4 Å². The van der Waals surface area contributed by atoms with Gasteiger partial charge in [-0.05, 0) is 60.3 Å². The van der Waals surface area contributed by atoms with Gasteiger partial charge in [0, 0.05) is 11.3 Å². The van der Waals surface area contributed by atoms with E-state index < -0.39 is 0 Å². The fourth-order valence-corrected chi connectivity index (χ4v) is 3.26. The van der Waals surface area contributed by atoms with Crippen molar-refractivity contribution in [3.8, 4) is 5.75 Å². The zero-order chi connectivity index (χ0) is 18.5. The Morgan fingerprint density at radius 1 is 0.923 bits per heavy atom. The zero-order valence-corrected chi connectivity index (χ0v) is 15.2. The number of anilines is 2. The predicted molar refractivity (Wildman–Crippen MR) is 104 cm³/mol. The van der Waals surface area contributed by atoms with Gasteiger partial charge in [0.1, 0.15) is 5.75 Å². The minimum atomic E-state index is -0.249. The average Bonchev–Trinajstić information content (AvgIpc) is 3.09. The Morgan fingerprint density at radius 3 is 2.31 bits per heavy atom. The molecule has 0 spiro atoms. The van der Waals surface area contributed by atoms with Crippen molar-refractivity contribution in [1.29, 1.82) is 0 Å². The monoisotopic (exact) mass is 366 g/mol. The van der Waals surface area contributed by atoms with Gasteiger partial charge in [-0.25, -0.2) is 0 Å². The van der Waals surface area contributed by atoms with Crippen LogP contribution in [-0.4, -0.2) is 18.9 Å². The van der Waals surface area contributed by atoms with Gasteiger partial charge in [-0.2, -0.15) is 0 Å². The quantitative estimate of drug-likeness (QED) is 0.695. The van der Waals surface area contributed by atoms with E-state index in [4.69, 9.17) is 4.74 Å². The lowest BCUT2D eigenvalue weighted by molar-refractivity contribution is 0.102. The van der Waals surface area contributed by atoms with Gasteiger partial charge in [-0.15, -0.1) is 11.3 Å². The summed E-state index contributed by atoms with van der Waals surface area (Å²) in [6, 6.07) is 15.9. The molecular formula is C20H18N2O3S. The summed E-state index contributed by atoms with van der Waals surface area (Å²) in [4.78, 5) is 25.3. The van der Waals surface area contributed by atoms with Crippen molar-refractivity contribution in [3.05, 3.63) is 76.0 Å². The molecular weight excluding hydrogens is 348 g/mol. The Morgan fingerprint density at radius 2 is 1.65 bits per heavy atom. The molecule has 0 fully saturated rings. The van der Waals surface area contributed by atoms with E-state index >= 15 is 0 Å². The molecule has 2 amide bonds. The molecule has 0 unspecified atom stereocenters. The van der Waals surface area contributed by atoms with E-state index in [9.17, 15) is 9.59 Å². The van der Waals surface area contributed by atoms with Gasteiger partial charge in [0.2, 0.25) is 0 Å². The van der Waals surface area contributed by atoms with Crippen LogP contribution >= 0.6 is 11.3 Å². The van der Waals surface area contributed by atoms with E-state index in [0.717, 1.165) is 5.56 Å². The molecule has 132 valence electrons. The largest absolute Gasteiger partial charge is 0.495 e. The molecule has 0 atom stereocenters. The number of thiophene rings is 1. The van der Waals surface area contributed by atoms with Crippen LogP contribution in [0.15, 0.2) is 60.0 Å². The van der Waals surface area contributed by atoms with Crippen molar-refractivity contribution in [3.63, 3.8) is 0 Å². The lowest BCUT2D eigenvalue weighted by atomic mass is 10.1. The highest BCUT2D eigenvalue weighted by atomic mass is 32.1. The first-order valence-electron chi connectivity index (χ1n) is 7.98. The third kappa shape index (κ3) is 3.92. The molecule has 0 saturated heterocycles. The number of methoxy groups -OCH3 is 1. The van der Waals surface area contributed by atoms with Gasteiger partial charge in [-0.3, -0.25) is 9.59 Å². The predicted octanol–water partition coefficient (Wildman–Crippen LogP) is 4.57. The lowest BCUT2D eigenvalue weighted by Crippen LogP contribution is -2.14. The maximum atomic E-state index is 12.4. The normalized spacial score (nSPS) is 10.2. The van der Waals surface area contributed by atoms with Crippen molar-refractivity contribution in [2.45, 2.75) is 6.92 Å². The standard InChI is InChI=1S/C20H18N2O3S/c1-13-11-12-26-18(13)20(24)21-15-9-7-14(8-10-15)19(23)22-16-5-3-4-6-17(16)25-2/h3-12H,1-2H3,(H,21,24)(H,22,23). The second-order valence-corrected chi connectivity index (χ2v) is 6.53. The Labute approximate surface area is 155 Å². The molecule has 6 heteroatoms. The van der Waals surface area contributed by atoms with E-state index in [-0.39, 0.29) is 11.8 Å². The highest BCUT2D eigenvalue weighted by Crippen LogP contribution is 2.24. The number of para-hydroxylation sites is 2. The number of benzene rings is 2. The van der Waals surface area contributed by atoms with Crippen LogP contribution in [0, 0.1) is 6.92 Å². The summed E-state index contributed by atoms with van der Waals surface area (Å²) in [6.45, 7) is 1.90. The van der Waals surface area contributed by atoms with Crippen molar-refractivity contribution in [2.75, 3.05) is 17.7 Å². The highest BCUT2D eigenvalue weighted by Gasteiger charge is 2.12. The minimum absolute atomic E-state index is 0.149. The number of hydrogen-bond acceptors (Lipinski definition) is 4. The fourth-order valence-electron chi connectivity index (χ4n) is 2.44. The summed E-state index contributed by atoms with van der Waals surface area (Å²) in [5, 5.41) is 7.54. The number of amides is 2. The number of aryl methyl sites for hydroxylation is 1. The van der Waals surface area contributed by atoms with Crippen LogP contribution in [0.25, 0.3) is 0 Å². The van der Waals surface area contributed by atoms with Crippen LogP contribution in [0.2, 0.25) is 0 Å². The van der Waals surface area contributed by atoms with E-state index in [1.807, 2.05) is 30.5 Å². The number of carbonyl (C=O) groups is 2. The molecule has 0 aliphatic heterocycles. The molecule has 1 aromatic heterocycles. The lowest BCUT2D eigenvalue weighted by Gasteiger charge is -2.10. The second kappa shape index (κ2) is 7.84. The molecule has 3 rings (SSSR count). The molecule has 3 aromatic rings. The summed E-state index contributed by atoms with van der Waals surface area (Å²) < 4.78 is 5.23. The summed E-state index contributed by atoms with van der Waals surface area (Å²) in [6.07, 6.45) is 0. The summed E-state index contributed by atoms with van der Waals surface area (Å²) in [5.74, 6) is 0.196. The number of ether oxygens (including phenoxy) is 1. The smallest absolute Gasteiger partial charge is 0.265 e. The first kappa shape index (κ1) is 17.7. The first-order valence-corrected chi connectivity index (χ1v) is 8.86. The second-order valence-electron chi connectivity index (χ2n) is 5.62. The van der Waals surface area contributed by atoms with Crippen LogP contribution in [0.1, 0.15) is 25.6 Å². The van der Waals surface area contributed by atoms with Crippen LogP contribution < -0.4 is 15.4 Å². The number of hydrogen-bond donors (Lipinski definition) is 2. The van der Waals surface area contributed by atoms with E-state index in [2.05, 4.69) is 10.6 Å². The highest BCUT2D eigenvalue weighted by molar-refractivity contribution is 7.12. The van der Waals surface area contributed by atoms with Crippen molar-refractivity contribution < 1.29 is 14.3 Å². The van der Waals surface area contributed by atoms with Gasteiger partial charge in [0.05, 0.1) is 17.7 Å². The molecule has 5 nitrogen and oxygen atoms in total. The maximum Gasteiger partial charge on any atom is 0.265 e. The number of carbonyl (C=O) groups excluding carboxylic acids is 2. The minimum Gasteiger partial charge on any atom is -0.495 e. The van der Waals surface area contributed by atoms with Gasteiger partial charge < -0.3 is 15.4 Å². The molecule has 0 bridgehead atoms. The van der Waals surface area contributed by atoms with E-state index in [0.29, 0.717) is 27.6 Å². The first-order chi connectivity index (χ1) is 12.6. The molecule has 0 aliphatic carbocycles. The third-order valence-electron chi connectivity index (χ3n) is 3.83. The van der Waals surface area contributed by atoms with Crippen LogP contribution in [-0.2, 0) is 0 Å². The SMILES string of the molecule is COc1ccccc1NC(=O)c1ccc(NC(=O)c2sccc2C)cc1. The van der Waals surface area contributed by atoms with Gasteiger partial charge in [-0.1, -0.05) is 12.1 Å². The molecule has 2 aromatic carbocycles. The van der Waals surface area contributed by atoms with Crippen molar-refractivity contribution in [2.24, 2.45) is 0 Å².